The lowest BCUT2D eigenvalue weighted by Crippen LogP contribution is -2.34. The molecule has 1 aromatic carbocycles. The molecule has 4 nitrogen and oxygen atoms in total. The van der Waals surface area contributed by atoms with Gasteiger partial charge in [0.2, 0.25) is 5.91 Å². The lowest BCUT2D eigenvalue weighted by Gasteiger charge is -2.26. The predicted octanol–water partition coefficient (Wildman–Crippen LogP) is 1.27. The number of hydrogen-bond acceptors (Lipinski definition) is 3. The van der Waals surface area contributed by atoms with Gasteiger partial charge in [0.05, 0.1) is 12.6 Å². The summed E-state index contributed by atoms with van der Waals surface area (Å²) in [6.07, 6.45) is 0.798. The monoisotopic (exact) mass is 221 g/mol. The number of amides is 1. The van der Waals surface area contributed by atoms with Crippen molar-refractivity contribution in [3.63, 3.8) is 0 Å². The highest BCUT2D eigenvalue weighted by Crippen LogP contribution is 2.31. The minimum Gasteiger partial charge on any atom is -0.493 e. The zero-order valence-electron chi connectivity index (χ0n) is 9.23. The highest BCUT2D eigenvalue weighted by atomic mass is 16.5. The normalized spacial score (nSPS) is 18.4. The maximum absolute atomic E-state index is 11.4. The van der Waals surface area contributed by atoms with E-state index in [1.807, 2.05) is 24.3 Å². The molecule has 1 amide bonds. The van der Waals surface area contributed by atoms with E-state index in [0.717, 1.165) is 17.7 Å². The molecule has 1 aliphatic rings. The van der Waals surface area contributed by atoms with E-state index >= 15 is 0 Å². The molecule has 0 radical (unpaired) electrons. The van der Waals surface area contributed by atoms with Crippen molar-refractivity contribution >= 4 is 5.91 Å². The second-order valence-electron chi connectivity index (χ2n) is 3.73. The van der Waals surface area contributed by atoms with Crippen LogP contribution in [0, 0.1) is 0 Å². The predicted molar refractivity (Wildman–Crippen MR) is 59.3 cm³/mol. The fraction of sp³-hybridized carbons (Fsp3) is 0.417. The van der Waals surface area contributed by atoms with Gasteiger partial charge in [0.15, 0.2) is 0 Å². The summed E-state index contributed by atoms with van der Waals surface area (Å²) in [5, 5.41) is 2.93. The average Bonchev–Trinajstić information content (AvgIpc) is 2.30. The minimum atomic E-state index is -0.0933. The van der Waals surface area contributed by atoms with Gasteiger partial charge in [-0.15, -0.1) is 0 Å². The van der Waals surface area contributed by atoms with Gasteiger partial charge in [-0.05, 0) is 6.07 Å². The van der Waals surface area contributed by atoms with Crippen LogP contribution in [0.4, 0.5) is 0 Å². The Morgan fingerprint density at radius 2 is 2.38 bits per heavy atom. The highest BCUT2D eigenvalue weighted by Gasteiger charge is 2.22. The lowest BCUT2D eigenvalue weighted by atomic mass is 10.0. The topological polar surface area (TPSA) is 47.6 Å². The molecule has 0 unspecified atom stereocenters. The van der Waals surface area contributed by atoms with Crippen molar-refractivity contribution in [1.29, 1.82) is 0 Å². The summed E-state index contributed by atoms with van der Waals surface area (Å²) in [4.78, 5) is 11.4. The molecular formula is C12H15NO3. The molecule has 16 heavy (non-hydrogen) atoms. The van der Waals surface area contributed by atoms with E-state index in [9.17, 15) is 4.79 Å². The second-order valence-corrected chi connectivity index (χ2v) is 3.73. The van der Waals surface area contributed by atoms with Gasteiger partial charge < -0.3 is 14.8 Å². The van der Waals surface area contributed by atoms with Crippen LogP contribution < -0.4 is 10.1 Å². The Morgan fingerprint density at radius 3 is 3.19 bits per heavy atom. The number of hydrogen-bond donors (Lipinski definition) is 1. The van der Waals surface area contributed by atoms with Crippen LogP contribution in [-0.2, 0) is 9.53 Å². The molecule has 4 heteroatoms. The van der Waals surface area contributed by atoms with Crippen LogP contribution in [0.3, 0.4) is 0 Å². The molecule has 0 saturated carbocycles. The molecule has 0 bridgehead atoms. The lowest BCUT2D eigenvalue weighted by molar-refractivity contribution is -0.125. The minimum absolute atomic E-state index is 0.0348. The van der Waals surface area contributed by atoms with Crippen molar-refractivity contribution in [3.8, 4) is 5.75 Å². The van der Waals surface area contributed by atoms with Crippen molar-refractivity contribution < 1.29 is 14.3 Å². The fourth-order valence-electron chi connectivity index (χ4n) is 1.86. The molecule has 1 N–H and O–H groups in total. The van der Waals surface area contributed by atoms with Crippen LogP contribution in [0.2, 0.25) is 0 Å². The zero-order valence-corrected chi connectivity index (χ0v) is 9.23. The smallest absolute Gasteiger partial charge is 0.246 e. The van der Waals surface area contributed by atoms with E-state index in [1.165, 1.54) is 7.11 Å². The third-order valence-corrected chi connectivity index (χ3v) is 2.57. The Kier molecular flexibility index (Phi) is 3.41. The quantitative estimate of drug-likeness (QED) is 0.836. The van der Waals surface area contributed by atoms with Crippen molar-refractivity contribution in [2.75, 3.05) is 20.3 Å². The summed E-state index contributed by atoms with van der Waals surface area (Å²) in [7, 11) is 1.51. The zero-order chi connectivity index (χ0) is 11.4. The van der Waals surface area contributed by atoms with Crippen LogP contribution in [0.25, 0.3) is 0 Å². The summed E-state index contributed by atoms with van der Waals surface area (Å²) in [5.74, 6) is 0.765. The van der Waals surface area contributed by atoms with E-state index in [2.05, 4.69) is 5.32 Å². The number of ether oxygens (including phenoxy) is 2. The van der Waals surface area contributed by atoms with Gasteiger partial charge in [0.25, 0.3) is 0 Å². The van der Waals surface area contributed by atoms with Crippen LogP contribution >= 0.6 is 0 Å². The number of nitrogens with one attached hydrogen (secondary N) is 1. The van der Waals surface area contributed by atoms with Crippen molar-refractivity contribution in [1.82, 2.24) is 5.32 Å². The average molecular weight is 221 g/mol. The number of rotatable bonds is 3. The first-order valence-electron chi connectivity index (χ1n) is 5.31. The largest absolute Gasteiger partial charge is 0.493 e. The van der Waals surface area contributed by atoms with Gasteiger partial charge in [0, 0.05) is 19.1 Å². The molecule has 0 aliphatic carbocycles. The van der Waals surface area contributed by atoms with Gasteiger partial charge >= 0.3 is 0 Å². The van der Waals surface area contributed by atoms with Gasteiger partial charge in [-0.25, -0.2) is 0 Å². The summed E-state index contributed by atoms with van der Waals surface area (Å²) in [5.41, 5.74) is 1.04. The van der Waals surface area contributed by atoms with E-state index in [1.54, 1.807) is 0 Å². The Hall–Kier alpha value is -1.55. The van der Waals surface area contributed by atoms with E-state index in [0.29, 0.717) is 6.61 Å². The maximum Gasteiger partial charge on any atom is 0.246 e. The summed E-state index contributed by atoms with van der Waals surface area (Å²) in [6.45, 7) is 0.731. The van der Waals surface area contributed by atoms with Crippen LogP contribution in [0.1, 0.15) is 18.0 Å². The molecule has 0 aromatic heterocycles. The number of fused-ring (bicyclic) bond motifs is 1. The Morgan fingerprint density at radius 1 is 1.56 bits per heavy atom. The van der Waals surface area contributed by atoms with Crippen LogP contribution in [0.15, 0.2) is 24.3 Å². The molecule has 0 fully saturated rings. The standard InChI is InChI=1S/C12H15NO3/c1-15-8-12(14)13-10-6-7-16-11-5-3-2-4-9(10)11/h2-5,10H,6-8H2,1H3,(H,13,14)/t10-/m1/s1. The van der Waals surface area contributed by atoms with Crippen LogP contribution in [-0.4, -0.2) is 26.2 Å². The summed E-state index contributed by atoms with van der Waals surface area (Å²) < 4.78 is 10.3. The van der Waals surface area contributed by atoms with E-state index in [-0.39, 0.29) is 18.6 Å². The molecular weight excluding hydrogens is 206 g/mol. The number of carbonyl (C=O) groups excluding carboxylic acids is 1. The molecule has 1 heterocycles. The van der Waals surface area contributed by atoms with Gasteiger partial charge in [0.1, 0.15) is 12.4 Å². The number of methoxy groups -OCH3 is 1. The highest BCUT2D eigenvalue weighted by molar-refractivity contribution is 5.77. The first-order chi connectivity index (χ1) is 7.81. The SMILES string of the molecule is COCC(=O)N[C@@H]1CCOc2ccccc21. The third-order valence-electron chi connectivity index (χ3n) is 2.57. The molecule has 1 aliphatic heterocycles. The van der Waals surface area contributed by atoms with Crippen LogP contribution in [0.5, 0.6) is 5.75 Å². The van der Waals surface area contributed by atoms with Crippen molar-refractivity contribution in [3.05, 3.63) is 29.8 Å². The van der Waals surface area contributed by atoms with E-state index in [4.69, 9.17) is 9.47 Å². The molecule has 2 rings (SSSR count). The van der Waals surface area contributed by atoms with Gasteiger partial charge in [-0.2, -0.15) is 0 Å². The van der Waals surface area contributed by atoms with E-state index < -0.39 is 0 Å². The number of benzene rings is 1. The first kappa shape index (κ1) is 11.0. The number of carbonyl (C=O) groups is 1. The molecule has 86 valence electrons. The number of para-hydroxylation sites is 1. The molecule has 0 spiro atoms. The molecule has 1 atom stereocenters. The Bertz CT molecular complexity index is 378. The Balaban J connectivity index is 2.10. The molecule has 1 aromatic rings. The first-order valence-corrected chi connectivity index (χ1v) is 5.31. The summed E-state index contributed by atoms with van der Waals surface area (Å²) in [6, 6.07) is 7.81. The summed E-state index contributed by atoms with van der Waals surface area (Å²) >= 11 is 0. The second kappa shape index (κ2) is 4.99. The van der Waals surface area contributed by atoms with Gasteiger partial charge in [-0.3, -0.25) is 4.79 Å². The Labute approximate surface area is 94.6 Å². The molecule has 0 saturated heterocycles. The van der Waals surface area contributed by atoms with Crippen molar-refractivity contribution in [2.24, 2.45) is 0 Å². The fourth-order valence-corrected chi connectivity index (χ4v) is 1.86. The van der Waals surface area contributed by atoms with Crippen molar-refractivity contribution in [2.45, 2.75) is 12.5 Å². The maximum atomic E-state index is 11.4. The third kappa shape index (κ3) is 2.33. The van der Waals surface area contributed by atoms with Gasteiger partial charge in [-0.1, -0.05) is 18.2 Å².